The molecule has 140 valence electrons. The number of rotatable bonds is 9. The van der Waals surface area contributed by atoms with E-state index in [4.69, 9.17) is 4.74 Å². The molecule has 3 N–H and O–H groups in total. The Kier molecular flexibility index (Phi) is 6.54. The number of benzene rings is 2. The van der Waals surface area contributed by atoms with Crippen molar-refractivity contribution in [3.8, 4) is 5.75 Å². The lowest BCUT2D eigenvalue weighted by molar-refractivity contribution is 0.281. The monoisotopic (exact) mass is 368 g/mol. The fraction of sp³-hybridized carbons (Fsp3) is 0.200. The molecule has 0 bridgehead atoms. The Morgan fingerprint density at radius 1 is 1.04 bits per heavy atom. The van der Waals surface area contributed by atoms with E-state index >= 15 is 0 Å². The van der Waals surface area contributed by atoms with Crippen LogP contribution < -0.4 is 15.4 Å². The molecule has 0 spiro atoms. The molecule has 3 rings (SSSR count). The minimum Gasteiger partial charge on any atom is -0.492 e. The number of hydrogen-bond acceptors (Lipinski definition) is 6. The summed E-state index contributed by atoms with van der Waals surface area (Å²) in [7, 11) is 0. The van der Waals surface area contributed by atoms with Gasteiger partial charge in [-0.2, -0.15) is 4.98 Å². The number of ether oxygens (including phenoxy) is 1. The summed E-state index contributed by atoms with van der Waals surface area (Å²) in [6, 6.07) is 15.8. The molecule has 7 heteroatoms. The SMILES string of the molecule is OCc1cnc(NCc2cccc(F)c2)nc1NCCOc1ccccc1. The van der Waals surface area contributed by atoms with Gasteiger partial charge in [0.2, 0.25) is 5.95 Å². The Bertz CT molecular complexity index is 862. The van der Waals surface area contributed by atoms with E-state index in [0.29, 0.717) is 37.0 Å². The summed E-state index contributed by atoms with van der Waals surface area (Å²) >= 11 is 0. The van der Waals surface area contributed by atoms with Gasteiger partial charge in [-0.3, -0.25) is 0 Å². The highest BCUT2D eigenvalue weighted by Gasteiger charge is 2.07. The van der Waals surface area contributed by atoms with Crippen LogP contribution in [-0.2, 0) is 13.2 Å². The maximum absolute atomic E-state index is 13.2. The third-order valence-corrected chi connectivity index (χ3v) is 3.78. The van der Waals surface area contributed by atoms with E-state index in [1.807, 2.05) is 36.4 Å². The molecule has 27 heavy (non-hydrogen) atoms. The van der Waals surface area contributed by atoms with Crippen LogP contribution in [0.5, 0.6) is 5.75 Å². The minimum absolute atomic E-state index is 0.175. The molecule has 1 heterocycles. The minimum atomic E-state index is -0.286. The molecule has 0 radical (unpaired) electrons. The standard InChI is InChI=1S/C20H21FN4O2/c21-17-6-4-5-15(11-17)12-23-20-24-13-16(14-26)19(25-20)22-9-10-27-18-7-2-1-3-8-18/h1-8,11,13,26H,9-10,12,14H2,(H2,22,23,24,25). The second kappa shape index (κ2) is 9.49. The van der Waals surface area contributed by atoms with Gasteiger partial charge in [0, 0.05) is 18.3 Å². The Morgan fingerprint density at radius 2 is 1.89 bits per heavy atom. The van der Waals surface area contributed by atoms with Crippen molar-refractivity contribution in [1.29, 1.82) is 0 Å². The number of nitrogens with one attached hydrogen (secondary N) is 2. The van der Waals surface area contributed by atoms with E-state index in [0.717, 1.165) is 11.3 Å². The highest BCUT2D eigenvalue weighted by Crippen LogP contribution is 2.15. The van der Waals surface area contributed by atoms with E-state index in [1.165, 1.54) is 12.1 Å². The molecule has 0 amide bonds. The van der Waals surface area contributed by atoms with Crippen LogP contribution >= 0.6 is 0 Å². The average Bonchev–Trinajstić information content (AvgIpc) is 2.70. The van der Waals surface area contributed by atoms with Crippen LogP contribution in [0.2, 0.25) is 0 Å². The van der Waals surface area contributed by atoms with E-state index in [9.17, 15) is 9.50 Å². The average molecular weight is 368 g/mol. The largest absolute Gasteiger partial charge is 0.492 e. The first kappa shape index (κ1) is 18.6. The molecular weight excluding hydrogens is 347 g/mol. The zero-order valence-corrected chi connectivity index (χ0v) is 14.7. The fourth-order valence-corrected chi connectivity index (χ4v) is 2.44. The molecule has 3 aromatic rings. The van der Waals surface area contributed by atoms with Crippen LogP contribution in [0.15, 0.2) is 60.8 Å². The number of aliphatic hydroxyl groups is 1. The van der Waals surface area contributed by atoms with E-state index in [-0.39, 0.29) is 12.4 Å². The molecule has 0 aliphatic carbocycles. The van der Waals surface area contributed by atoms with Gasteiger partial charge < -0.3 is 20.5 Å². The Balaban J connectivity index is 1.56. The molecule has 6 nitrogen and oxygen atoms in total. The van der Waals surface area contributed by atoms with E-state index in [1.54, 1.807) is 12.3 Å². The number of anilines is 2. The van der Waals surface area contributed by atoms with Gasteiger partial charge in [-0.1, -0.05) is 30.3 Å². The summed E-state index contributed by atoms with van der Waals surface area (Å²) in [6.07, 6.45) is 1.56. The van der Waals surface area contributed by atoms with Crippen molar-refractivity contribution in [2.45, 2.75) is 13.2 Å². The van der Waals surface area contributed by atoms with Crippen LogP contribution in [0.4, 0.5) is 16.2 Å². The van der Waals surface area contributed by atoms with Gasteiger partial charge in [-0.25, -0.2) is 9.37 Å². The quantitative estimate of drug-likeness (QED) is 0.504. The topological polar surface area (TPSA) is 79.3 Å². The first-order valence-corrected chi connectivity index (χ1v) is 8.61. The van der Waals surface area contributed by atoms with Gasteiger partial charge in [0.15, 0.2) is 0 Å². The van der Waals surface area contributed by atoms with Crippen molar-refractivity contribution in [2.75, 3.05) is 23.8 Å². The van der Waals surface area contributed by atoms with Gasteiger partial charge >= 0.3 is 0 Å². The summed E-state index contributed by atoms with van der Waals surface area (Å²) in [4.78, 5) is 8.56. The molecule has 0 unspecified atom stereocenters. The normalized spacial score (nSPS) is 10.4. The first-order valence-electron chi connectivity index (χ1n) is 8.61. The highest BCUT2D eigenvalue weighted by molar-refractivity contribution is 5.47. The second-order valence-electron chi connectivity index (χ2n) is 5.80. The molecule has 1 aromatic heterocycles. The predicted octanol–water partition coefficient (Wildman–Crippen LogP) is 3.21. The van der Waals surface area contributed by atoms with Crippen molar-refractivity contribution >= 4 is 11.8 Å². The van der Waals surface area contributed by atoms with Gasteiger partial charge in [0.05, 0.1) is 13.2 Å². The fourth-order valence-electron chi connectivity index (χ4n) is 2.44. The van der Waals surface area contributed by atoms with Crippen molar-refractivity contribution in [1.82, 2.24) is 9.97 Å². The van der Waals surface area contributed by atoms with Gasteiger partial charge in [-0.05, 0) is 29.8 Å². The van der Waals surface area contributed by atoms with Crippen molar-refractivity contribution in [2.24, 2.45) is 0 Å². The smallest absolute Gasteiger partial charge is 0.224 e. The Hall–Kier alpha value is -3.19. The third kappa shape index (κ3) is 5.65. The maximum atomic E-state index is 13.2. The zero-order valence-electron chi connectivity index (χ0n) is 14.7. The lowest BCUT2D eigenvalue weighted by atomic mass is 10.2. The molecule has 0 saturated carbocycles. The lowest BCUT2D eigenvalue weighted by Gasteiger charge is -2.12. The molecular formula is C20H21FN4O2. The molecule has 0 fully saturated rings. The van der Waals surface area contributed by atoms with Crippen LogP contribution in [0.1, 0.15) is 11.1 Å². The predicted molar refractivity (Wildman–Crippen MR) is 102 cm³/mol. The first-order chi connectivity index (χ1) is 13.2. The highest BCUT2D eigenvalue weighted by atomic mass is 19.1. The number of aliphatic hydroxyl groups excluding tert-OH is 1. The van der Waals surface area contributed by atoms with E-state index in [2.05, 4.69) is 20.6 Å². The molecule has 0 atom stereocenters. The Morgan fingerprint density at radius 3 is 2.67 bits per heavy atom. The third-order valence-electron chi connectivity index (χ3n) is 3.78. The van der Waals surface area contributed by atoms with Crippen molar-refractivity contribution < 1.29 is 14.2 Å². The number of para-hydroxylation sites is 1. The summed E-state index contributed by atoms with van der Waals surface area (Å²) in [6.45, 7) is 1.19. The summed E-state index contributed by atoms with van der Waals surface area (Å²) in [5.41, 5.74) is 1.38. The second-order valence-corrected chi connectivity index (χ2v) is 5.80. The number of nitrogens with zero attached hydrogens (tertiary/aromatic N) is 2. The van der Waals surface area contributed by atoms with Gasteiger partial charge in [0.25, 0.3) is 0 Å². The van der Waals surface area contributed by atoms with Crippen molar-refractivity contribution in [3.05, 3.63) is 77.7 Å². The summed E-state index contributed by atoms with van der Waals surface area (Å²) in [5, 5.41) is 15.7. The Labute approximate surface area is 157 Å². The number of aromatic nitrogens is 2. The van der Waals surface area contributed by atoms with Crippen LogP contribution in [0.25, 0.3) is 0 Å². The maximum Gasteiger partial charge on any atom is 0.224 e. The number of hydrogen-bond donors (Lipinski definition) is 3. The number of halogens is 1. The molecule has 0 aliphatic rings. The van der Waals surface area contributed by atoms with Crippen LogP contribution in [0, 0.1) is 5.82 Å². The van der Waals surface area contributed by atoms with Gasteiger partial charge in [0.1, 0.15) is 24.0 Å². The molecule has 0 aliphatic heterocycles. The van der Waals surface area contributed by atoms with Crippen molar-refractivity contribution in [3.63, 3.8) is 0 Å². The van der Waals surface area contributed by atoms with E-state index < -0.39 is 0 Å². The molecule has 0 saturated heterocycles. The van der Waals surface area contributed by atoms with Gasteiger partial charge in [-0.15, -0.1) is 0 Å². The zero-order chi connectivity index (χ0) is 18.9. The van der Waals surface area contributed by atoms with Crippen LogP contribution in [0.3, 0.4) is 0 Å². The van der Waals surface area contributed by atoms with Crippen LogP contribution in [-0.4, -0.2) is 28.2 Å². The lowest BCUT2D eigenvalue weighted by Crippen LogP contribution is -2.15. The summed E-state index contributed by atoms with van der Waals surface area (Å²) < 4.78 is 18.9. The molecule has 2 aromatic carbocycles. The summed E-state index contributed by atoms with van der Waals surface area (Å²) in [5.74, 6) is 1.43.